The number of benzene rings is 1. The quantitative estimate of drug-likeness (QED) is 0.710. The van der Waals surface area contributed by atoms with Gasteiger partial charge in [-0.3, -0.25) is 0 Å². The minimum Gasteiger partial charge on any atom is -0.397 e. The van der Waals surface area contributed by atoms with Crippen molar-refractivity contribution in [1.82, 2.24) is 0 Å². The number of rotatable bonds is 1. The van der Waals surface area contributed by atoms with Crippen molar-refractivity contribution in [3.05, 3.63) is 27.7 Å². The molecule has 0 aromatic heterocycles. The van der Waals surface area contributed by atoms with Crippen LogP contribution < -0.4 is 5.73 Å². The van der Waals surface area contributed by atoms with Gasteiger partial charge in [-0.2, -0.15) is 5.26 Å². The standard InChI is InChI=1S/C8H6Cl2N2/c9-6-3-5(1-2-11)4-7(12)8(6)10/h3-4H,1,12H2. The maximum Gasteiger partial charge on any atom is 0.0821 e. The van der Waals surface area contributed by atoms with Crippen LogP contribution >= 0.6 is 23.2 Å². The van der Waals surface area contributed by atoms with Gasteiger partial charge in [-0.25, -0.2) is 0 Å². The Labute approximate surface area is 80.5 Å². The molecule has 4 heteroatoms. The molecule has 2 nitrogen and oxygen atoms in total. The second kappa shape index (κ2) is 3.66. The Morgan fingerprint density at radius 2 is 2.08 bits per heavy atom. The summed E-state index contributed by atoms with van der Waals surface area (Å²) in [5.74, 6) is 0. The monoisotopic (exact) mass is 200 g/mol. The lowest BCUT2D eigenvalue weighted by Crippen LogP contribution is -1.90. The number of hydrogen-bond donors (Lipinski definition) is 1. The Morgan fingerprint density at radius 1 is 1.42 bits per heavy atom. The molecule has 0 fully saturated rings. The van der Waals surface area contributed by atoms with Gasteiger partial charge in [-0.1, -0.05) is 23.2 Å². The molecule has 0 aliphatic carbocycles. The van der Waals surface area contributed by atoms with Crippen LogP contribution in [0.15, 0.2) is 12.1 Å². The topological polar surface area (TPSA) is 49.8 Å². The molecule has 0 amide bonds. The molecule has 12 heavy (non-hydrogen) atoms. The van der Waals surface area contributed by atoms with E-state index in [4.69, 9.17) is 34.2 Å². The summed E-state index contributed by atoms with van der Waals surface area (Å²) in [5.41, 5.74) is 6.72. The number of anilines is 1. The highest BCUT2D eigenvalue weighted by atomic mass is 35.5. The first kappa shape index (κ1) is 9.18. The van der Waals surface area contributed by atoms with Crippen molar-refractivity contribution in [1.29, 1.82) is 5.26 Å². The Bertz CT molecular complexity index is 318. The van der Waals surface area contributed by atoms with E-state index in [0.29, 0.717) is 22.2 Å². The molecule has 1 aromatic carbocycles. The third kappa shape index (κ3) is 1.82. The molecule has 0 radical (unpaired) electrons. The van der Waals surface area contributed by atoms with Crippen LogP contribution in [0.2, 0.25) is 10.0 Å². The van der Waals surface area contributed by atoms with Crippen LogP contribution in [0.4, 0.5) is 5.69 Å². The highest BCUT2D eigenvalue weighted by Crippen LogP contribution is 2.29. The van der Waals surface area contributed by atoms with Crippen molar-refractivity contribution < 1.29 is 0 Å². The largest absolute Gasteiger partial charge is 0.397 e. The van der Waals surface area contributed by atoms with Crippen molar-refractivity contribution in [2.45, 2.75) is 6.42 Å². The van der Waals surface area contributed by atoms with Gasteiger partial charge in [0.2, 0.25) is 0 Å². The zero-order chi connectivity index (χ0) is 9.14. The summed E-state index contributed by atoms with van der Waals surface area (Å²) in [5, 5.41) is 9.14. The second-order valence-corrected chi connectivity index (χ2v) is 3.10. The summed E-state index contributed by atoms with van der Waals surface area (Å²) in [6.45, 7) is 0. The van der Waals surface area contributed by atoms with Gasteiger partial charge in [0.1, 0.15) is 0 Å². The first-order chi connectivity index (χ1) is 5.65. The molecular weight excluding hydrogens is 195 g/mol. The smallest absolute Gasteiger partial charge is 0.0821 e. The first-order valence-corrected chi connectivity index (χ1v) is 4.01. The molecule has 0 aliphatic rings. The summed E-state index contributed by atoms with van der Waals surface area (Å²) in [6, 6.07) is 5.29. The number of halogens is 2. The van der Waals surface area contributed by atoms with E-state index in [9.17, 15) is 0 Å². The maximum absolute atomic E-state index is 8.40. The van der Waals surface area contributed by atoms with Crippen LogP contribution in [-0.2, 0) is 6.42 Å². The summed E-state index contributed by atoms with van der Waals surface area (Å²) >= 11 is 11.4. The molecule has 0 unspecified atom stereocenters. The zero-order valence-electron chi connectivity index (χ0n) is 6.14. The molecule has 0 saturated heterocycles. The molecule has 0 atom stereocenters. The predicted molar refractivity (Wildman–Crippen MR) is 50.2 cm³/mol. The van der Waals surface area contributed by atoms with Crippen LogP contribution in [0.5, 0.6) is 0 Å². The van der Waals surface area contributed by atoms with Gasteiger partial charge in [-0.15, -0.1) is 0 Å². The van der Waals surface area contributed by atoms with Crippen molar-refractivity contribution in [2.24, 2.45) is 0 Å². The lowest BCUT2D eigenvalue weighted by Gasteiger charge is -2.02. The van der Waals surface area contributed by atoms with E-state index in [-0.39, 0.29) is 0 Å². The first-order valence-electron chi connectivity index (χ1n) is 3.25. The minimum absolute atomic E-state index is 0.293. The lowest BCUT2D eigenvalue weighted by atomic mass is 10.1. The minimum atomic E-state index is 0.293. The molecular formula is C8H6Cl2N2. The Morgan fingerprint density at radius 3 is 2.58 bits per heavy atom. The number of nitrogen functional groups attached to an aromatic ring is 1. The fraction of sp³-hybridized carbons (Fsp3) is 0.125. The fourth-order valence-corrected chi connectivity index (χ4v) is 1.22. The lowest BCUT2D eigenvalue weighted by molar-refractivity contribution is 1.26. The van der Waals surface area contributed by atoms with Crippen LogP contribution in [-0.4, -0.2) is 0 Å². The maximum atomic E-state index is 8.40. The average Bonchev–Trinajstić information content (AvgIpc) is 2.01. The highest BCUT2D eigenvalue weighted by molar-refractivity contribution is 6.43. The number of nitrogens with two attached hydrogens (primary N) is 1. The van der Waals surface area contributed by atoms with Crippen LogP contribution in [0.25, 0.3) is 0 Å². The number of nitrogens with zero attached hydrogens (tertiary/aromatic N) is 1. The van der Waals surface area contributed by atoms with E-state index in [0.717, 1.165) is 5.56 Å². The van der Waals surface area contributed by atoms with Crippen molar-refractivity contribution >= 4 is 28.9 Å². The van der Waals surface area contributed by atoms with Crippen molar-refractivity contribution in [3.63, 3.8) is 0 Å². The van der Waals surface area contributed by atoms with Crippen LogP contribution in [0, 0.1) is 11.3 Å². The molecule has 1 rings (SSSR count). The van der Waals surface area contributed by atoms with Gasteiger partial charge in [0.25, 0.3) is 0 Å². The average molecular weight is 201 g/mol. The summed E-state index contributed by atoms with van der Waals surface area (Å²) in [6.07, 6.45) is 0.293. The van der Waals surface area contributed by atoms with Crippen LogP contribution in [0.3, 0.4) is 0 Å². The molecule has 1 aromatic rings. The van der Waals surface area contributed by atoms with Gasteiger partial charge in [-0.05, 0) is 17.7 Å². The van der Waals surface area contributed by atoms with E-state index in [2.05, 4.69) is 0 Å². The Balaban J connectivity index is 3.14. The molecule has 0 spiro atoms. The Hall–Kier alpha value is -0.910. The van der Waals surface area contributed by atoms with Gasteiger partial charge < -0.3 is 5.73 Å². The van der Waals surface area contributed by atoms with Crippen molar-refractivity contribution in [3.8, 4) is 6.07 Å². The second-order valence-electron chi connectivity index (χ2n) is 2.32. The molecule has 0 heterocycles. The van der Waals surface area contributed by atoms with Crippen LogP contribution in [0.1, 0.15) is 5.56 Å². The molecule has 0 saturated carbocycles. The van der Waals surface area contributed by atoms with Gasteiger partial charge in [0.15, 0.2) is 0 Å². The van der Waals surface area contributed by atoms with Gasteiger partial charge in [0, 0.05) is 0 Å². The molecule has 0 bridgehead atoms. The number of hydrogen-bond acceptors (Lipinski definition) is 2. The Kier molecular flexibility index (Phi) is 2.80. The zero-order valence-corrected chi connectivity index (χ0v) is 7.65. The van der Waals surface area contributed by atoms with E-state index in [1.807, 2.05) is 6.07 Å². The summed E-state index contributed by atoms with van der Waals surface area (Å²) in [7, 11) is 0. The van der Waals surface area contributed by atoms with E-state index in [1.165, 1.54) is 0 Å². The third-order valence-corrected chi connectivity index (χ3v) is 2.22. The SMILES string of the molecule is N#CCc1cc(N)c(Cl)c(Cl)c1. The highest BCUT2D eigenvalue weighted by Gasteiger charge is 2.03. The number of nitriles is 1. The normalized spacial score (nSPS) is 9.42. The molecule has 62 valence electrons. The van der Waals surface area contributed by atoms with Gasteiger partial charge in [0.05, 0.1) is 28.2 Å². The molecule has 0 aliphatic heterocycles. The van der Waals surface area contributed by atoms with Crippen molar-refractivity contribution in [2.75, 3.05) is 5.73 Å². The summed E-state index contributed by atoms with van der Waals surface area (Å²) in [4.78, 5) is 0. The third-order valence-electron chi connectivity index (χ3n) is 1.40. The van der Waals surface area contributed by atoms with E-state index < -0.39 is 0 Å². The van der Waals surface area contributed by atoms with E-state index >= 15 is 0 Å². The fourth-order valence-electron chi connectivity index (χ4n) is 0.862. The van der Waals surface area contributed by atoms with Gasteiger partial charge >= 0.3 is 0 Å². The predicted octanol–water partition coefficient (Wildman–Crippen LogP) is 2.64. The van der Waals surface area contributed by atoms with E-state index in [1.54, 1.807) is 12.1 Å². The molecule has 2 N–H and O–H groups in total. The summed E-state index contributed by atoms with van der Waals surface area (Å²) < 4.78 is 0.